The number of nitrogens with two attached hydrogens (primary N) is 1. The molecule has 3 aromatic carbocycles. The second kappa shape index (κ2) is 11.6. The van der Waals surface area contributed by atoms with E-state index in [1.807, 2.05) is 0 Å². The molecule has 7 nitrogen and oxygen atoms in total. The molecule has 1 aliphatic carbocycles. The zero-order chi connectivity index (χ0) is 29.4. The van der Waals surface area contributed by atoms with Gasteiger partial charge >= 0.3 is 0 Å². The fourth-order valence-electron chi connectivity index (χ4n) is 5.96. The summed E-state index contributed by atoms with van der Waals surface area (Å²) in [5, 5.41) is 6.07. The fourth-order valence-corrected chi connectivity index (χ4v) is 7.63. The Balaban J connectivity index is 1.37. The third kappa shape index (κ3) is 6.33. The van der Waals surface area contributed by atoms with Crippen molar-refractivity contribution in [3.8, 4) is 0 Å². The van der Waals surface area contributed by atoms with E-state index in [9.17, 15) is 22.0 Å². The molecule has 41 heavy (non-hydrogen) atoms. The molecule has 4 N–H and O–H groups in total. The highest BCUT2D eigenvalue weighted by Gasteiger charge is 2.55. The molecule has 218 valence electrons. The van der Waals surface area contributed by atoms with Crippen LogP contribution < -0.4 is 16.4 Å². The van der Waals surface area contributed by atoms with E-state index >= 15 is 4.39 Å². The first-order valence-corrected chi connectivity index (χ1v) is 15.4. The van der Waals surface area contributed by atoms with Crippen LogP contribution in [-0.4, -0.2) is 55.6 Å². The highest BCUT2D eigenvalue weighted by molar-refractivity contribution is 7.88. The number of hydrogen-bond acceptors (Lipinski definition) is 5. The molecule has 0 radical (unpaired) electrons. The average molecular weight is 587 g/mol. The number of nitrogens with one attached hydrogen (secondary N) is 2. The highest BCUT2D eigenvalue weighted by atomic mass is 32.2. The first kappa shape index (κ1) is 29.2. The van der Waals surface area contributed by atoms with Crippen LogP contribution in [0.25, 0.3) is 0 Å². The number of carbonyl (C=O) groups excluding carboxylic acids is 1. The summed E-state index contributed by atoms with van der Waals surface area (Å²) in [4.78, 5) is 13.5. The van der Waals surface area contributed by atoms with Gasteiger partial charge < -0.3 is 16.4 Å². The second-order valence-corrected chi connectivity index (χ2v) is 12.8. The Labute approximate surface area is 238 Å². The average Bonchev–Trinajstić information content (AvgIpc) is 3.68. The van der Waals surface area contributed by atoms with Gasteiger partial charge in [-0.3, -0.25) is 4.79 Å². The van der Waals surface area contributed by atoms with Crippen LogP contribution in [0.5, 0.6) is 0 Å². The smallest absolute Gasteiger partial charge is 0.242 e. The van der Waals surface area contributed by atoms with Crippen molar-refractivity contribution in [2.45, 2.75) is 49.2 Å². The van der Waals surface area contributed by atoms with Gasteiger partial charge in [-0.25, -0.2) is 21.6 Å². The molecule has 5 rings (SSSR count). The van der Waals surface area contributed by atoms with Crippen LogP contribution in [0, 0.1) is 17.5 Å². The van der Waals surface area contributed by atoms with Crippen molar-refractivity contribution in [2.24, 2.45) is 5.73 Å². The molecule has 3 aromatic rings. The van der Waals surface area contributed by atoms with Crippen molar-refractivity contribution < 1.29 is 26.4 Å². The van der Waals surface area contributed by atoms with Gasteiger partial charge in [0.15, 0.2) is 0 Å². The third-order valence-electron chi connectivity index (χ3n) is 8.04. The Kier molecular flexibility index (Phi) is 8.24. The van der Waals surface area contributed by atoms with Gasteiger partial charge in [-0.15, -0.1) is 0 Å². The maximum atomic E-state index is 15.1. The van der Waals surface area contributed by atoms with Gasteiger partial charge in [0.2, 0.25) is 15.9 Å². The lowest BCUT2D eigenvalue weighted by Gasteiger charge is -2.41. The van der Waals surface area contributed by atoms with Crippen LogP contribution in [0.1, 0.15) is 41.9 Å². The minimum absolute atomic E-state index is 0.186. The van der Waals surface area contributed by atoms with E-state index < -0.39 is 50.9 Å². The molecule has 1 amide bonds. The normalized spacial score (nSPS) is 19.3. The first-order valence-electron chi connectivity index (χ1n) is 13.5. The zero-order valence-electron chi connectivity index (χ0n) is 22.6. The molecular weight excluding hydrogens is 553 g/mol. The van der Waals surface area contributed by atoms with E-state index in [4.69, 9.17) is 5.73 Å². The first-order chi connectivity index (χ1) is 19.5. The standard InChI is InChI=1S/C30H33F3N4O3S/c1-41(39,40)37-23(17-35-18-30(37)15-16-30)13-14-24-25(33)3-2-4-26(24)36-29(38)28(34)27(19-5-9-21(31)10-6-19)20-7-11-22(32)12-8-20/h2-12,23,27-28,35H,13-18,34H2,1H3,(H,36,38)/t23-,28?/m0/s1. The third-order valence-corrected chi connectivity index (χ3v) is 9.44. The van der Waals surface area contributed by atoms with Crippen LogP contribution >= 0.6 is 0 Å². The Morgan fingerprint density at radius 1 is 1.02 bits per heavy atom. The molecule has 1 saturated heterocycles. The van der Waals surface area contributed by atoms with Gasteiger partial charge in [-0.2, -0.15) is 4.31 Å². The Morgan fingerprint density at radius 2 is 1.61 bits per heavy atom. The van der Waals surface area contributed by atoms with Crippen LogP contribution in [-0.2, 0) is 21.2 Å². The highest BCUT2D eigenvalue weighted by Crippen LogP contribution is 2.46. The molecule has 2 atom stereocenters. The summed E-state index contributed by atoms with van der Waals surface area (Å²) < 4.78 is 69.3. The summed E-state index contributed by atoms with van der Waals surface area (Å²) in [6, 6.07) is 13.9. The fraction of sp³-hybridized carbons (Fsp3) is 0.367. The Morgan fingerprint density at radius 3 is 2.15 bits per heavy atom. The number of anilines is 1. The lowest BCUT2D eigenvalue weighted by atomic mass is 9.85. The molecule has 2 fully saturated rings. The van der Waals surface area contributed by atoms with E-state index in [0.29, 0.717) is 30.6 Å². The number of carbonyl (C=O) groups is 1. The molecule has 0 bridgehead atoms. The topological polar surface area (TPSA) is 105 Å². The summed E-state index contributed by atoms with van der Waals surface area (Å²) >= 11 is 0. The lowest BCUT2D eigenvalue weighted by Crippen LogP contribution is -2.60. The van der Waals surface area contributed by atoms with Gasteiger partial charge in [-0.1, -0.05) is 30.3 Å². The summed E-state index contributed by atoms with van der Waals surface area (Å²) in [6.07, 6.45) is 3.31. The molecular formula is C30H33F3N4O3S. The quantitative estimate of drug-likeness (QED) is 0.353. The van der Waals surface area contributed by atoms with Crippen LogP contribution in [0.4, 0.5) is 18.9 Å². The predicted octanol–water partition coefficient (Wildman–Crippen LogP) is 3.90. The van der Waals surface area contributed by atoms with E-state index in [2.05, 4.69) is 10.6 Å². The molecule has 11 heteroatoms. The van der Waals surface area contributed by atoms with Crippen LogP contribution in [0.3, 0.4) is 0 Å². The van der Waals surface area contributed by atoms with E-state index in [-0.39, 0.29) is 23.7 Å². The SMILES string of the molecule is CS(=O)(=O)N1[C@@H](CCc2c(F)cccc2NC(=O)C(N)C(c2ccc(F)cc2)c2ccc(F)cc2)CNCC12CC2. The van der Waals surface area contributed by atoms with Crippen molar-refractivity contribution >= 4 is 21.6 Å². The monoisotopic (exact) mass is 586 g/mol. The van der Waals surface area contributed by atoms with Crippen molar-refractivity contribution in [2.75, 3.05) is 24.7 Å². The zero-order valence-corrected chi connectivity index (χ0v) is 23.4. The number of rotatable bonds is 9. The van der Waals surface area contributed by atoms with Crippen molar-refractivity contribution in [3.63, 3.8) is 0 Å². The number of hydrogen-bond donors (Lipinski definition) is 3. The molecule has 0 aromatic heterocycles. The van der Waals surface area contributed by atoms with Crippen LogP contribution in [0.15, 0.2) is 66.7 Å². The van der Waals surface area contributed by atoms with Crippen molar-refractivity contribution in [1.82, 2.24) is 9.62 Å². The van der Waals surface area contributed by atoms with E-state index in [1.54, 1.807) is 10.4 Å². The Hall–Kier alpha value is -3.25. The number of benzene rings is 3. The maximum absolute atomic E-state index is 15.1. The minimum Gasteiger partial charge on any atom is -0.324 e. The van der Waals surface area contributed by atoms with Gasteiger partial charge in [0.25, 0.3) is 0 Å². The summed E-state index contributed by atoms with van der Waals surface area (Å²) in [6.45, 7) is 1.05. The van der Waals surface area contributed by atoms with E-state index in [1.165, 1.54) is 66.9 Å². The molecule has 1 spiro atoms. The summed E-state index contributed by atoms with van der Waals surface area (Å²) in [5.74, 6) is -2.78. The minimum atomic E-state index is -3.48. The predicted molar refractivity (Wildman–Crippen MR) is 151 cm³/mol. The largest absolute Gasteiger partial charge is 0.324 e. The molecule has 1 aliphatic heterocycles. The number of nitrogens with zero attached hydrogens (tertiary/aromatic N) is 1. The van der Waals surface area contributed by atoms with Gasteiger partial charge in [-0.05, 0) is 73.2 Å². The van der Waals surface area contributed by atoms with Crippen LogP contribution in [0.2, 0.25) is 0 Å². The summed E-state index contributed by atoms with van der Waals surface area (Å²) in [7, 11) is -3.48. The lowest BCUT2D eigenvalue weighted by molar-refractivity contribution is -0.117. The van der Waals surface area contributed by atoms with Gasteiger partial charge in [0, 0.05) is 41.8 Å². The number of halogens is 3. The number of piperazine rings is 1. The molecule has 1 unspecified atom stereocenters. The van der Waals surface area contributed by atoms with Crippen molar-refractivity contribution in [3.05, 3.63) is 101 Å². The number of amides is 1. The number of sulfonamides is 1. The van der Waals surface area contributed by atoms with E-state index in [0.717, 1.165) is 12.8 Å². The molecule has 1 saturated carbocycles. The Bertz CT molecular complexity index is 1470. The van der Waals surface area contributed by atoms with Gasteiger partial charge in [0.1, 0.15) is 17.5 Å². The van der Waals surface area contributed by atoms with Crippen molar-refractivity contribution in [1.29, 1.82) is 0 Å². The summed E-state index contributed by atoms with van der Waals surface area (Å²) in [5.41, 5.74) is 7.64. The molecule has 2 aliphatic rings. The van der Waals surface area contributed by atoms with Gasteiger partial charge in [0.05, 0.1) is 12.3 Å². The molecule has 1 heterocycles. The second-order valence-electron chi connectivity index (χ2n) is 11.0. The maximum Gasteiger partial charge on any atom is 0.242 e.